The van der Waals surface area contributed by atoms with Crippen LogP contribution in [0.1, 0.15) is 59.1 Å². The van der Waals surface area contributed by atoms with Crippen molar-refractivity contribution in [2.75, 3.05) is 4.90 Å². The molecular weight excluding hydrogens is 506 g/mol. The number of rotatable bonds is 3. The standard InChI is InChI=1S/C29H30ClN3O5/c1-27(2,3)37-25(35)32-17-21(19-11-7-9-13-22(19)32)29(15-18(30)16-31)20-12-8-10-14-23(20)33(24(29)34)26(36)38-28(4,5)6/h7-14,17-18H,15H2,1-6H3/t18-,29-/m0/s1. The first-order valence-electron chi connectivity index (χ1n) is 12.2. The zero-order chi connectivity index (χ0) is 28.0. The minimum atomic E-state index is -1.55. The van der Waals surface area contributed by atoms with Crippen LogP contribution in [0, 0.1) is 11.3 Å². The predicted octanol–water partition coefficient (Wildman–Crippen LogP) is 6.51. The Hall–Kier alpha value is -3.83. The lowest BCUT2D eigenvalue weighted by molar-refractivity contribution is -0.121. The van der Waals surface area contributed by atoms with E-state index >= 15 is 0 Å². The molecule has 3 aromatic rings. The van der Waals surface area contributed by atoms with E-state index in [0.717, 1.165) is 4.90 Å². The van der Waals surface area contributed by atoms with Gasteiger partial charge in [0.05, 0.1) is 17.3 Å². The van der Waals surface area contributed by atoms with Gasteiger partial charge in [-0.05, 0) is 71.2 Å². The van der Waals surface area contributed by atoms with E-state index in [-0.39, 0.29) is 6.42 Å². The molecule has 4 rings (SSSR count). The third-order valence-electron chi connectivity index (χ3n) is 6.14. The van der Waals surface area contributed by atoms with Crippen molar-refractivity contribution < 1.29 is 23.9 Å². The van der Waals surface area contributed by atoms with Crippen LogP contribution in [0.15, 0.2) is 54.7 Å². The van der Waals surface area contributed by atoms with Gasteiger partial charge in [0.25, 0.3) is 5.91 Å². The van der Waals surface area contributed by atoms with Crippen molar-refractivity contribution in [1.82, 2.24) is 4.57 Å². The summed E-state index contributed by atoms with van der Waals surface area (Å²) in [6, 6.07) is 16.0. The molecule has 38 heavy (non-hydrogen) atoms. The van der Waals surface area contributed by atoms with Crippen LogP contribution in [0.4, 0.5) is 15.3 Å². The van der Waals surface area contributed by atoms with Crippen LogP contribution in [0.5, 0.6) is 0 Å². The number of ether oxygens (including phenoxy) is 2. The van der Waals surface area contributed by atoms with Gasteiger partial charge in [0.15, 0.2) is 0 Å². The largest absolute Gasteiger partial charge is 0.443 e. The summed E-state index contributed by atoms with van der Waals surface area (Å²) in [5.41, 5.74) is -1.39. The third kappa shape index (κ3) is 4.74. The first-order chi connectivity index (χ1) is 17.7. The first-order valence-corrected chi connectivity index (χ1v) is 12.7. The second kappa shape index (κ2) is 9.48. The minimum absolute atomic E-state index is 0.136. The van der Waals surface area contributed by atoms with Crippen LogP contribution in [0.2, 0.25) is 0 Å². The van der Waals surface area contributed by atoms with E-state index in [0.29, 0.717) is 27.7 Å². The lowest BCUT2D eigenvalue weighted by Gasteiger charge is -2.30. The molecule has 0 spiro atoms. The van der Waals surface area contributed by atoms with E-state index < -0.39 is 40.1 Å². The summed E-state index contributed by atoms with van der Waals surface area (Å²) in [5.74, 6) is -0.610. The van der Waals surface area contributed by atoms with Crippen molar-refractivity contribution in [3.8, 4) is 6.07 Å². The van der Waals surface area contributed by atoms with Crippen LogP contribution in [0.25, 0.3) is 10.9 Å². The summed E-state index contributed by atoms with van der Waals surface area (Å²) in [7, 11) is 0. The number of para-hydroxylation sites is 2. The first kappa shape index (κ1) is 27.2. The topological polar surface area (TPSA) is 102 Å². The highest BCUT2D eigenvalue weighted by atomic mass is 35.5. The maximum absolute atomic E-state index is 14.4. The maximum atomic E-state index is 14.4. The number of nitrogens with zero attached hydrogens (tertiary/aromatic N) is 3. The highest BCUT2D eigenvalue weighted by Crippen LogP contribution is 2.52. The molecule has 8 nitrogen and oxygen atoms in total. The van der Waals surface area contributed by atoms with E-state index in [1.165, 1.54) is 4.57 Å². The fourth-order valence-electron chi connectivity index (χ4n) is 4.80. The second-order valence-corrected chi connectivity index (χ2v) is 11.8. The Bertz CT molecular complexity index is 1470. The average Bonchev–Trinajstić information content (AvgIpc) is 3.31. The minimum Gasteiger partial charge on any atom is -0.443 e. The highest BCUT2D eigenvalue weighted by Gasteiger charge is 2.56. The normalized spacial score (nSPS) is 18.2. The van der Waals surface area contributed by atoms with Crippen LogP contribution in [-0.4, -0.2) is 39.2 Å². The monoisotopic (exact) mass is 535 g/mol. The predicted molar refractivity (Wildman–Crippen MR) is 144 cm³/mol. The van der Waals surface area contributed by atoms with Crippen LogP contribution < -0.4 is 4.90 Å². The molecule has 0 unspecified atom stereocenters. The van der Waals surface area contributed by atoms with Crippen LogP contribution in [-0.2, 0) is 19.7 Å². The number of hydrogen-bond donors (Lipinski definition) is 0. The van der Waals surface area contributed by atoms with E-state index in [1.54, 1.807) is 96.3 Å². The van der Waals surface area contributed by atoms with Gasteiger partial charge in [0.2, 0.25) is 0 Å². The van der Waals surface area contributed by atoms with Crippen molar-refractivity contribution in [3.63, 3.8) is 0 Å². The molecule has 0 radical (unpaired) electrons. The number of amides is 2. The van der Waals surface area contributed by atoms with E-state index in [9.17, 15) is 19.6 Å². The Labute approximate surface area is 226 Å². The lowest BCUT2D eigenvalue weighted by atomic mass is 9.72. The Morgan fingerprint density at radius 3 is 2.16 bits per heavy atom. The molecule has 0 bridgehead atoms. The van der Waals surface area contributed by atoms with Crippen LogP contribution >= 0.6 is 11.6 Å². The zero-order valence-electron chi connectivity index (χ0n) is 22.2. The molecule has 1 aliphatic heterocycles. The van der Waals surface area contributed by atoms with Crippen molar-refractivity contribution in [2.45, 2.75) is 70.0 Å². The molecule has 0 saturated carbocycles. The van der Waals surface area contributed by atoms with Gasteiger partial charge in [-0.3, -0.25) is 9.36 Å². The summed E-state index contributed by atoms with van der Waals surface area (Å²) >= 11 is 6.41. The maximum Gasteiger partial charge on any atom is 0.421 e. The van der Waals surface area contributed by atoms with E-state index in [2.05, 4.69) is 0 Å². The number of imide groups is 1. The average molecular weight is 536 g/mol. The Morgan fingerprint density at radius 1 is 0.947 bits per heavy atom. The number of benzene rings is 2. The number of carbonyl (C=O) groups is 3. The van der Waals surface area contributed by atoms with Gasteiger partial charge >= 0.3 is 12.2 Å². The van der Waals surface area contributed by atoms with E-state index in [4.69, 9.17) is 21.1 Å². The quantitative estimate of drug-likeness (QED) is 0.354. The van der Waals surface area contributed by atoms with E-state index in [1.807, 2.05) is 6.07 Å². The molecule has 198 valence electrons. The summed E-state index contributed by atoms with van der Waals surface area (Å²) in [6.45, 7) is 10.4. The molecule has 0 saturated heterocycles. The molecule has 0 aliphatic carbocycles. The number of halogens is 1. The van der Waals surface area contributed by atoms with Crippen molar-refractivity contribution in [1.29, 1.82) is 5.26 Å². The summed E-state index contributed by atoms with van der Waals surface area (Å²) in [5, 5.41) is 9.19. The summed E-state index contributed by atoms with van der Waals surface area (Å²) < 4.78 is 12.6. The van der Waals surface area contributed by atoms with Crippen LogP contribution in [0.3, 0.4) is 0 Å². The molecule has 2 heterocycles. The third-order valence-corrected chi connectivity index (χ3v) is 6.39. The molecule has 2 aromatic carbocycles. The van der Waals surface area contributed by atoms with Gasteiger partial charge in [0, 0.05) is 11.6 Å². The van der Waals surface area contributed by atoms with Gasteiger partial charge in [-0.1, -0.05) is 36.4 Å². The summed E-state index contributed by atoms with van der Waals surface area (Å²) in [6.07, 6.45) is -0.0495. The van der Waals surface area contributed by atoms with Crippen molar-refractivity contribution in [3.05, 3.63) is 65.9 Å². The van der Waals surface area contributed by atoms with Crippen molar-refractivity contribution in [2.24, 2.45) is 0 Å². The molecular formula is C29H30ClN3O5. The molecule has 2 atom stereocenters. The van der Waals surface area contributed by atoms with Gasteiger partial charge in [-0.25, -0.2) is 14.5 Å². The molecule has 1 aromatic heterocycles. The molecule has 0 fully saturated rings. The smallest absolute Gasteiger partial charge is 0.421 e. The number of nitriles is 1. The second-order valence-electron chi connectivity index (χ2n) is 11.3. The Morgan fingerprint density at radius 2 is 1.53 bits per heavy atom. The Balaban J connectivity index is 2.02. The fourth-order valence-corrected chi connectivity index (χ4v) is 5.03. The zero-order valence-corrected chi connectivity index (χ0v) is 23.0. The Kier molecular flexibility index (Phi) is 6.79. The molecule has 2 amide bonds. The van der Waals surface area contributed by atoms with Gasteiger partial charge < -0.3 is 9.47 Å². The van der Waals surface area contributed by atoms with Gasteiger partial charge in [-0.15, -0.1) is 11.6 Å². The number of hydrogen-bond acceptors (Lipinski definition) is 6. The number of alkyl halides is 1. The number of carbonyl (C=O) groups excluding carboxylic acids is 3. The molecule has 9 heteroatoms. The number of aromatic nitrogens is 1. The summed E-state index contributed by atoms with van der Waals surface area (Å²) in [4.78, 5) is 42.0. The van der Waals surface area contributed by atoms with Crippen molar-refractivity contribution >= 4 is 46.3 Å². The number of anilines is 1. The molecule has 0 N–H and O–H groups in total. The van der Waals surface area contributed by atoms with Gasteiger partial charge in [-0.2, -0.15) is 5.26 Å². The van der Waals surface area contributed by atoms with Gasteiger partial charge in [0.1, 0.15) is 22.0 Å². The number of fused-ring (bicyclic) bond motifs is 2. The highest BCUT2D eigenvalue weighted by molar-refractivity contribution is 6.26. The SMILES string of the molecule is CC(C)(C)OC(=O)N1C(=O)[C@](C[C@H](Cl)C#N)(c2cn(C(=O)OC(C)(C)C)c3ccccc23)c2ccccc21. The lowest BCUT2D eigenvalue weighted by Crippen LogP contribution is -2.46. The molecule has 1 aliphatic rings. The fraction of sp³-hybridized carbons (Fsp3) is 0.379.